The van der Waals surface area contributed by atoms with Gasteiger partial charge in [0.1, 0.15) is 0 Å². The van der Waals surface area contributed by atoms with Crippen molar-refractivity contribution in [1.82, 2.24) is 4.98 Å². The average Bonchev–Trinajstić information content (AvgIpc) is 2.94. The molecule has 2 aromatic rings. The third kappa shape index (κ3) is 2.50. The molecule has 3 rings (SSSR count). The monoisotopic (exact) mass is 342 g/mol. The molecular weight excluding hydrogens is 332 g/mol. The maximum Gasteiger partial charge on any atom is 0.267 e. The van der Waals surface area contributed by atoms with Crippen molar-refractivity contribution >= 4 is 49.6 Å². The number of thiophene rings is 1. The van der Waals surface area contributed by atoms with E-state index in [-0.39, 0.29) is 5.91 Å². The highest BCUT2D eigenvalue weighted by Crippen LogP contribution is 2.30. The number of anilines is 1. The van der Waals surface area contributed by atoms with Gasteiger partial charge in [-0.2, -0.15) is 0 Å². The van der Waals surface area contributed by atoms with Crippen LogP contribution in [0.2, 0.25) is 0 Å². The molecule has 1 amide bonds. The van der Waals surface area contributed by atoms with E-state index in [1.54, 1.807) is 11.3 Å². The van der Waals surface area contributed by atoms with Gasteiger partial charge in [0, 0.05) is 4.88 Å². The van der Waals surface area contributed by atoms with Crippen molar-refractivity contribution in [2.24, 2.45) is 0 Å². The number of halogens is 1. The SMILES string of the molecule is O=C(Nc1nc2c(s1)CCCC2)c1ccc(Br)s1. The minimum Gasteiger partial charge on any atom is -0.297 e. The second-order valence-electron chi connectivity index (χ2n) is 4.15. The molecule has 0 atom stereocenters. The van der Waals surface area contributed by atoms with Gasteiger partial charge < -0.3 is 0 Å². The molecule has 0 unspecified atom stereocenters. The van der Waals surface area contributed by atoms with Crippen molar-refractivity contribution < 1.29 is 4.79 Å². The molecule has 6 heteroatoms. The lowest BCUT2D eigenvalue weighted by Crippen LogP contribution is -2.09. The fourth-order valence-corrected chi connectivity index (χ4v) is 4.33. The summed E-state index contributed by atoms with van der Waals surface area (Å²) in [6.45, 7) is 0. The first-order valence-electron chi connectivity index (χ1n) is 5.77. The van der Waals surface area contributed by atoms with Crippen molar-refractivity contribution in [3.8, 4) is 0 Å². The molecule has 94 valence electrons. The summed E-state index contributed by atoms with van der Waals surface area (Å²) in [5, 5.41) is 3.62. The summed E-state index contributed by atoms with van der Waals surface area (Å²) in [5.74, 6) is -0.0724. The van der Waals surface area contributed by atoms with Crippen LogP contribution in [0.5, 0.6) is 0 Å². The maximum atomic E-state index is 12.0. The topological polar surface area (TPSA) is 42.0 Å². The van der Waals surface area contributed by atoms with Crippen LogP contribution in [-0.2, 0) is 12.8 Å². The first kappa shape index (κ1) is 12.3. The number of amides is 1. The molecule has 3 nitrogen and oxygen atoms in total. The third-order valence-corrected chi connectivity index (χ3v) is 5.56. The highest BCUT2D eigenvalue weighted by Gasteiger charge is 2.17. The number of aryl methyl sites for hydroxylation is 2. The van der Waals surface area contributed by atoms with Crippen LogP contribution >= 0.6 is 38.6 Å². The molecular formula is C12H11BrN2OS2. The molecule has 1 N–H and O–H groups in total. The Morgan fingerprint density at radius 2 is 2.11 bits per heavy atom. The Bertz CT molecular complexity index is 567. The van der Waals surface area contributed by atoms with Crippen molar-refractivity contribution in [2.75, 3.05) is 5.32 Å². The first-order valence-corrected chi connectivity index (χ1v) is 8.20. The number of aromatic nitrogens is 1. The zero-order valence-corrected chi connectivity index (χ0v) is 12.8. The summed E-state index contributed by atoms with van der Waals surface area (Å²) in [6.07, 6.45) is 4.60. The molecule has 0 saturated carbocycles. The zero-order chi connectivity index (χ0) is 12.5. The third-order valence-electron chi connectivity index (χ3n) is 2.86. The van der Waals surface area contributed by atoms with E-state index in [1.165, 1.54) is 34.7 Å². The molecule has 0 saturated heterocycles. The van der Waals surface area contributed by atoms with E-state index in [0.29, 0.717) is 4.88 Å². The second kappa shape index (κ2) is 5.11. The summed E-state index contributed by atoms with van der Waals surface area (Å²) in [6, 6.07) is 3.70. The number of hydrogen-bond donors (Lipinski definition) is 1. The number of hydrogen-bond acceptors (Lipinski definition) is 4. The van der Waals surface area contributed by atoms with Gasteiger partial charge in [-0.05, 0) is 53.7 Å². The Labute approximate surface area is 121 Å². The highest BCUT2D eigenvalue weighted by molar-refractivity contribution is 9.11. The van der Waals surface area contributed by atoms with E-state index >= 15 is 0 Å². The Morgan fingerprint density at radius 3 is 2.83 bits per heavy atom. The van der Waals surface area contributed by atoms with Gasteiger partial charge >= 0.3 is 0 Å². The van der Waals surface area contributed by atoms with Gasteiger partial charge in [-0.15, -0.1) is 22.7 Å². The smallest absolute Gasteiger partial charge is 0.267 e. The Kier molecular flexibility index (Phi) is 3.50. The normalized spacial score (nSPS) is 14.3. The molecule has 2 heterocycles. The molecule has 0 radical (unpaired) electrons. The van der Waals surface area contributed by atoms with Gasteiger partial charge in [0.15, 0.2) is 5.13 Å². The molecule has 1 aliphatic carbocycles. The van der Waals surface area contributed by atoms with Crippen molar-refractivity contribution in [1.29, 1.82) is 0 Å². The van der Waals surface area contributed by atoms with Gasteiger partial charge in [-0.25, -0.2) is 4.98 Å². The van der Waals surface area contributed by atoms with Gasteiger partial charge in [0.05, 0.1) is 14.4 Å². The van der Waals surface area contributed by atoms with Gasteiger partial charge in [0.25, 0.3) is 5.91 Å². The molecule has 18 heavy (non-hydrogen) atoms. The van der Waals surface area contributed by atoms with Crippen LogP contribution in [-0.4, -0.2) is 10.9 Å². The van der Waals surface area contributed by atoms with Gasteiger partial charge in [0.2, 0.25) is 0 Å². The quantitative estimate of drug-likeness (QED) is 0.892. The van der Waals surface area contributed by atoms with Crippen LogP contribution in [0.1, 0.15) is 33.1 Å². The predicted octanol–water partition coefficient (Wildman–Crippen LogP) is 4.10. The zero-order valence-electron chi connectivity index (χ0n) is 9.53. The number of thiazole rings is 1. The van der Waals surface area contributed by atoms with E-state index in [2.05, 4.69) is 26.2 Å². The minimum absolute atomic E-state index is 0.0724. The Morgan fingerprint density at radius 1 is 1.28 bits per heavy atom. The highest BCUT2D eigenvalue weighted by atomic mass is 79.9. The lowest BCUT2D eigenvalue weighted by atomic mass is 10.0. The van der Waals surface area contributed by atoms with E-state index in [9.17, 15) is 4.79 Å². The van der Waals surface area contributed by atoms with Crippen LogP contribution in [0.3, 0.4) is 0 Å². The van der Waals surface area contributed by atoms with E-state index in [4.69, 9.17) is 0 Å². The lowest BCUT2D eigenvalue weighted by Gasteiger charge is -2.06. The van der Waals surface area contributed by atoms with Crippen LogP contribution in [0.4, 0.5) is 5.13 Å². The van der Waals surface area contributed by atoms with Crippen molar-refractivity contribution in [2.45, 2.75) is 25.7 Å². The van der Waals surface area contributed by atoms with Crippen molar-refractivity contribution in [3.63, 3.8) is 0 Å². The minimum atomic E-state index is -0.0724. The maximum absolute atomic E-state index is 12.0. The van der Waals surface area contributed by atoms with Gasteiger partial charge in [-0.3, -0.25) is 10.1 Å². The Hall–Kier alpha value is -0.720. The van der Waals surface area contributed by atoms with Crippen LogP contribution < -0.4 is 5.32 Å². The number of nitrogens with zero attached hydrogens (tertiary/aromatic N) is 1. The summed E-state index contributed by atoms with van der Waals surface area (Å²) in [7, 11) is 0. The fraction of sp³-hybridized carbons (Fsp3) is 0.333. The van der Waals surface area contributed by atoms with Gasteiger partial charge in [-0.1, -0.05) is 0 Å². The van der Waals surface area contributed by atoms with E-state index in [1.807, 2.05) is 12.1 Å². The number of carbonyl (C=O) groups is 1. The van der Waals surface area contributed by atoms with Crippen LogP contribution in [0, 0.1) is 0 Å². The molecule has 1 aliphatic rings. The number of rotatable bonds is 2. The van der Waals surface area contributed by atoms with Crippen LogP contribution in [0.15, 0.2) is 15.9 Å². The summed E-state index contributed by atoms with van der Waals surface area (Å²) >= 11 is 6.40. The first-order chi connectivity index (χ1) is 8.72. The number of fused-ring (bicyclic) bond motifs is 1. The summed E-state index contributed by atoms with van der Waals surface area (Å²) in [5.41, 5.74) is 1.17. The average molecular weight is 343 g/mol. The number of nitrogens with one attached hydrogen (secondary N) is 1. The summed E-state index contributed by atoms with van der Waals surface area (Å²) in [4.78, 5) is 18.5. The molecule has 0 spiro atoms. The largest absolute Gasteiger partial charge is 0.297 e. The standard InChI is InChI=1S/C12H11BrN2OS2/c13-10-6-5-9(17-10)11(16)15-12-14-7-3-1-2-4-8(7)18-12/h5-6H,1-4H2,(H,14,15,16). The Balaban J connectivity index is 1.76. The summed E-state index contributed by atoms with van der Waals surface area (Å²) < 4.78 is 0.964. The fourth-order valence-electron chi connectivity index (χ4n) is 2.00. The molecule has 2 aromatic heterocycles. The molecule has 0 fully saturated rings. The molecule has 0 aromatic carbocycles. The molecule has 0 bridgehead atoms. The lowest BCUT2D eigenvalue weighted by molar-refractivity contribution is 0.103. The number of carbonyl (C=O) groups excluding carboxylic acids is 1. The second-order valence-corrected chi connectivity index (χ2v) is 7.70. The van der Waals surface area contributed by atoms with Crippen molar-refractivity contribution in [3.05, 3.63) is 31.4 Å². The van der Waals surface area contributed by atoms with E-state index in [0.717, 1.165) is 21.8 Å². The predicted molar refractivity (Wildman–Crippen MR) is 78.7 cm³/mol. The molecule has 0 aliphatic heterocycles. The van der Waals surface area contributed by atoms with Crippen LogP contribution in [0.25, 0.3) is 0 Å². The van der Waals surface area contributed by atoms with E-state index < -0.39 is 0 Å².